The largest absolute Gasteiger partial charge is 0.465 e. The maximum atomic E-state index is 11.5. The molecule has 6 rings (SSSR count). The predicted octanol–water partition coefficient (Wildman–Crippen LogP) is 6.31. The molecule has 0 bridgehead atoms. The quantitative estimate of drug-likeness (QED) is 0.110. The lowest BCUT2D eigenvalue weighted by Crippen LogP contribution is -2.35. The van der Waals surface area contributed by atoms with Crippen molar-refractivity contribution in [2.45, 2.75) is 24.0 Å². The van der Waals surface area contributed by atoms with Crippen LogP contribution < -0.4 is 14.5 Å². The molecule has 4 aromatic carbocycles. The van der Waals surface area contributed by atoms with Gasteiger partial charge in [-0.25, -0.2) is 0 Å². The van der Waals surface area contributed by atoms with Crippen LogP contribution in [-0.4, -0.2) is 53.4 Å². The first kappa shape index (κ1) is 29.7. The molecule has 0 radical (unpaired) electrons. The maximum Gasteiger partial charge on any atom is 0.301 e. The molecule has 4 aromatic rings. The molecule has 2 heterocycles. The second-order valence-electron chi connectivity index (χ2n) is 10.2. The van der Waals surface area contributed by atoms with E-state index in [0.717, 1.165) is 48.9 Å². The van der Waals surface area contributed by atoms with Crippen LogP contribution >= 0.6 is 11.8 Å². The molecule has 9 nitrogen and oxygen atoms in total. The van der Waals surface area contributed by atoms with E-state index in [4.69, 9.17) is 13.5 Å². The minimum atomic E-state index is -4.10. The highest BCUT2D eigenvalue weighted by Gasteiger charge is 2.34. The van der Waals surface area contributed by atoms with Crippen LogP contribution in [-0.2, 0) is 25.7 Å². The third kappa shape index (κ3) is 6.74. The Kier molecular flexibility index (Phi) is 8.75. The molecule has 0 fully saturated rings. The number of thioether (sulfide) groups is 1. The van der Waals surface area contributed by atoms with Gasteiger partial charge in [0.15, 0.2) is 6.23 Å². The summed E-state index contributed by atoms with van der Waals surface area (Å²) in [4.78, 5) is 5.26. The first-order valence-corrected chi connectivity index (χ1v) is 17.2. The minimum Gasteiger partial charge on any atom is -0.465 e. The van der Waals surface area contributed by atoms with Crippen LogP contribution in [0.4, 0.5) is 11.4 Å². The molecule has 0 aromatic heterocycles. The van der Waals surface area contributed by atoms with Gasteiger partial charge in [-0.1, -0.05) is 78.5 Å². The van der Waals surface area contributed by atoms with Crippen molar-refractivity contribution in [3.63, 3.8) is 0 Å². The van der Waals surface area contributed by atoms with Crippen LogP contribution in [0.3, 0.4) is 0 Å². The second-order valence-corrected chi connectivity index (χ2v) is 13.5. The molecular formula is C31H30N2O7S3. The fourth-order valence-electron chi connectivity index (χ4n) is 5.47. The number of hydrogen-bond donors (Lipinski definition) is 2. The van der Waals surface area contributed by atoms with E-state index in [0.29, 0.717) is 19.5 Å². The number of anilines is 2. The van der Waals surface area contributed by atoms with E-state index in [2.05, 4.69) is 34.1 Å². The van der Waals surface area contributed by atoms with Crippen molar-refractivity contribution >= 4 is 55.4 Å². The molecular weight excluding hydrogens is 609 g/mol. The zero-order valence-corrected chi connectivity index (χ0v) is 25.5. The number of benzene rings is 4. The number of ether oxygens (including phenoxy) is 1. The lowest BCUT2D eigenvalue weighted by molar-refractivity contribution is 0.263. The van der Waals surface area contributed by atoms with Crippen LogP contribution in [0.15, 0.2) is 101 Å². The van der Waals surface area contributed by atoms with Crippen molar-refractivity contribution in [3.8, 4) is 16.9 Å². The monoisotopic (exact) mass is 638 g/mol. The highest BCUT2D eigenvalue weighted by Crippen LogP contribution is 2.50. The average molecular weight is 639 g/mol. The summed E-state index contributed by atoms with van der Waals surface area (Å²) in [5.74, 6) is 0.380. The number of fused-ring (bicyclic) bond motifs is 4. The van der Waals surface area contributed by atoms with Crippen molar-refractivity contribution in [1.82, 2.24) is 0 Å². The Hall–Kier alpha value is -3.39. The van der Waals surface area contributed by atoms with E-state index in [1.54, 1.807) is 11.8 Å². The van der Waals surface area contributed by atoms with E-state index < -0.39 is 27.7 Å². The van der Waals surface area contributed by atoms with E-state index in [9.17, 15) is 17.2 Å². The fourth-order valence-corrected chi connectivity index (χ4v) is 7.38. The predicted molar refractivity (Wildman–Crippen MR) is 171 cm³/mol. The third-order valence-corrected chi connectivity index (χ3v) is 9.63. The number of rotatable bonds is 11. The normalized spacial score (nSPS) is 17.7. The van der Waals surface area contributed by atoms with Crippen molar-refractivity contribution in [2.75, 3.05) is 35.2 Å². The van der Waals surface area contributed by atoms with Crippen LogP contribution in [0, 0.1) is 0 Å². The molecule has 2 N–H and O–H groups in total. The fraction of sp³-hybridized carbons (Fsp3) is 0.226. The van der Waals surface area contributed by atoms with Gasteiger partial charge in [0.05, 0.1) is 28.8 Å². The van der Waals surface area contributed by atoms with Gasteiger partial charge >= 0.3 is 11.4 Å². The molecule has 0 aliphatic carbocycles. The average Bonchev–Trinajstić information content (AvgIpc) is 3.52. The summed E-state index contributed by atoms with van der Waals surface area (Å²) in [6.45, 7) is 0.984. The summed E-state index contributed by atoms with van der Waals surface area (Å²) in [6.07, 6.45) is 2.26. The summed E-state index contributed by atoms with van der Waals surface area (Å²) in [7, 11) is -4.10. The van der Waals surface area contributed by atoms with Crippen molar-refractivity contribution in [1.29, 1.82) is 0 Å². The molecule has 2 atom stereocenters. The molecule has 0 saturated carbocycles. The van der Waals surface area contributed by atoms with Crippen LogP contribution in [0.25, 0.3) is 21.9 Å². The number of hydrogen-bond acceptors (Lipinski definition) is 8. The van der Waals surface area contributed by atoms with Crippen LogP contribution in [0.1, 0.15) is 12.8 Å². The Morgan fingerprint density at radius 1 is 0.953 bits per heavy atom. The molecule has 12 heteroatoms. The molecule has 224 valence electrons. The molecule has 0 spiro atoms. The smallest absolute Gasteiger partial charge is 0.301 e. The van der Waals surface area contributed by atoms with Gasteiger partial charge in [-0.3, -0.25) is 13.3 Å². The molecule has 2 aliphatic rings. The Morgan fingerprint density at radius 3 is 2.53 bits per heavy atom. The molecule has 2 aliphatic heterocycles. The molecule has 0 saturated heterocycles. The topological polar surface area (TPSA) is 117 Å². The van der Waals surface area contributed by atoms with Crippen molar-refractivity contribution < 1.29 is 30.7 Å². The zero-order valence-electron chi connectivity index (χ0n) is 23.0. The lowest BCUT2D eigenvalue weighted by Gasteiger charge is -2.26. The van der Waals surface area contributed by atoms with E-state index in [1.165, 1.54) is 0 Å². The Bertz CT molecular complexity index is 1800. The minimum absolute atomic E-state index is 0.102. The first-order valence-electron chi connectivity index (χ1n) is 13.8. The first-order chi connectivity index (χ1) is 20.8. The highest BCUT2D eigenvalue weighted by atomic mass is 32.2. The lowest BCUT2D eigenvalue weighted by atomic mass is 10.0. The number of nitrogens with zero attached hydrogens (tertiary/aromatic N) is 2. The van der Waals surface area contributed by atoms with Crippen LogP contribution in [0.2, 0.25) is 0 Å². The molecule has 2 unspecified atom stereocenters. The van der Waals surface area contributed by atoms with Gasteiger partial charge in [0.1, 0.15) is 5.75 Å². The van der Waals surface area contributed by atoms with Gasteiger partial charge in [0.2, 0.25) is 0 Å². The summed E-state index contributed by atoms with van der Waals surface area (Å²) >= 11 is -0.749. The van der Waals surface area contributed by atoms with Gasteiger partial charge in [-0.15, -0.1) is 0 Å². The standard InChI is InChI=1S/C31H30N2O7S3/c34-42(35)39-18-6-16-32-26-20-24(22-8-2-1-3-9-22)12-14-27(26)40-29(32)21-30-33(17-7-19-43(36,37)38)31-25-11-5-4-10-23(25)13-15-28(31)41-30/h1-5,8-15,20-21,29H,6-7,16-19H2,(H,34,35)(H,36,37,38). The van der Waals surface area contributed by atoms with Gasteiger partial charge in [0, 0.05) is 29.4 Å². The van der Waals surface area contributed by atoms with Gasteiger partial charge in [-0.05, 0) is 47.6 Å². The van der Waals surface area contributed by atoms with Crippen LogP contribution in [0.5, 0.6) is 5.75 Å². The summed E-state index contributed by atoms with van der Waals surface area (Å²) in [5.41, 5.74) is 4.01. The molecule has 43 heavy (non-hydrogen) atoms. The summed E-state index contributed by atoms with van der Waals surface area (Å²) in [5, 5.41) is 3.01. The Morgan fingerprint density at radius 2 is 1.74 bits per heavy atom. The highest BCUT2D eigenvalue weighted by molar-refractivity contribution is 8.03. The van der Waals surface area contributed by atoms with E-state index >= 15 is 0 Å². The van der Waals surface area contributed by atoms with E-state index in [-0.39, 0.29) is 18.8 Å². The van der Waals surface area contributed by atoms with Gasteiger partial charge in [0.25, 0.3) is 10.1 Å². The zero-order chi connectivity index (χ0) is 30.0. The van der Waals surface area contributed by atoms with Crippen molar-refractivity contribution in [2.24, 2.45) is 0 Å². The van der Waals surface area contributed by atoms with Crippen molar-refractivity contribution in [3.05, 3.63) is 96.0 Å². The Balaban J connectivity index is 1.35. The summed E-state index contributed by atoms with van der Waals surface area (Å²) in [6, 6.07) is 28.3. The molecule has 0 amide bonds. The second kappa shape index (κ2) is 12.7. The Labute approximate surface area is 257 Å². The van der Waals surface area contributed by atoms with E-state index in [1.807, 2.05) is 66.7 Å². The third-order valence-electron chi connectivity index (χ3n) is 7.34. The van der Waals surface area contributed by atoms with Gasteiger partial charge < -0.3 is 14.5 Å². The maximum absolute atomic E-state index is 11.5. The summed E-state index contributed by atoms with van der Waals surface area (Å²) < 4.78 is 63.9. The SMILES string of the molecule is O=S(O)OCCCN1c2cc(-c3ccccc3)ccc2OC1C=C1Sc2ccc3ccccc3c2N1CCCS(=O)(=O)O. The van der Waals surface area contributed by atoms with Gasteiger partial charge in [-0.2, -0.15) is 12.6 Å².